The fourth-order valence-corrected chi connectivity index (χ4v) is 2.81. The minimum Gasteiger partial charge on any atom is -0.348 e. The molecule has 2 aromatic heterocycles. The van der Waals surface area contributed by atoms with Gasteiger partial charge in [0.05, 0.1) is 17.3 Å². The summed E-state index contributed by atoms with van der Waals surface area (Å²) in [6, 6.07) is 9.61. The topological polar surface area (TPSA) is 74.8 Å². The summed E-state index contributed by atoms with van der Waals surface area (Å²) in [6.07, 6.45) is 1.34. The number of hydrogen-bond acceptors (Lipinski definition) is 4. The number of carbonyl (C=O) groups excluding carboxylic acids is 1. The number of aromatic nitrogens is 2. The van der Waals surface area contributed by atoms with Crippen molar-refractivity contribution in [3.05, 3.63) is 63.5 Å². The molecule has 0 atom stereocenters. The van der Waals surface area contributed by atoms with Crippen LogP contribution in [0.1, 0.15) is 15.9 Å². The molecule has 0 saturated heterocycles. The summed E-state index contributed by atoms with van der Waals surface area (Å²) in [6.45, 7) is 0.426. The van der Waals surface area contributed by atoms with E-state index in [-0.39, 0.29) is 11.5 Å². The fraction of sp³-hybridized carbons (Fsp3) is 0.0714. The normalized spacial score (nSPS) is 10.6. The average Bonchev–Trinajstić information content (AvgIpc) is 2.91. The number of amides is 1. The molecule has 0 saturated carbocycles. The van der Waals surface area contributed by atoms with E-state index in [2.05, 4.69) is 15.3 Å². The maximum atomic E-state index is 12.2. The largest absolute Gasteiger partial charge is 0.348 e. The SMILES string of the molecule is O=C(NCc1ccccc1)c1csc2nc[nH]c(=O)c12. The van der Waals surface area contributed by atoms with Crippen LogP contribution in [0.4, 0.5) is 0 Å². The van der Waals surface area contributed by atoms with Crippen LogP contribution in [0, 0.1) is 0 Å². The summed E-state index contributed by atoms with van der Waals surface area (Å²) in [7, 11) is 0. The highest BCUT2D eigenvalue weighted by Crippen LogP contribution is 2.20. The van der Waals surface area contributed by atoms with Gasteiger partial charge < -0.3 is 10.3 Å². The maximum absolute atomic E-state index is 12.2. The van der Waals surface area contributed by atoms with Gasteiger partial charge in [-0.25, -0.2) is 4.98 Å². The molecular weight excluding hydrogens is 274 g/mol. The first kappa shape index (κ1) is 12.6. The molecule has 2 N–H and O–H groups in total. The summed E-state index contributed by atoms with van der Waals surface area (Å²) < 4.78 is 0. The fourth-order valence-electron chi connectivity index (χ4n) is 1.92. The monoisotopic (exact) mass is 285 g/mol. The van der Waals surface area contributed by atoms with Gasteiger partial charge in [-0.05, 0) is 5.56 Å². The Hall–Kier alpha value is -2.47. The number of fused-ring (bicyclic) bond motifs is 1. The highest BCUT2D eigenvalue weighted by atomic mass is 32.1. The highest BCUT2D eigenvalue weighted by Gasteiger charge is 2.15. The number of rotatable bonds is 3. The molecule has 0 aliphatic rings. The molecular formula is C14H11N3O2S. The first-order chi connectivity index (χ1) is 9.75. The van der Waals surface area contributed by atoms with E-state index in [0.29, 0.717) is 22.3 Å². The van der Waals surface area contributed by atoms with E-state index in [1.54, 1.807) is 5.38 Å². The van der Waals surface area contributed by atoms with Gasteiger partial charge in [-0.1, -0.05) is 30.3 Å². The van der Waals surface area contributed by atoms with Gasteiger partial charge in [0.25, 0.3) is 11.5 Å². The molecule has 1 aromatic carbocycles. The molecule has 20 heavy (non-hydrogen) atoms. The third-order valence-electron chi connectivity index (χ3n) is 2.92. The number of nitrogens with zero attached hydrogens (tertiary/aromatic N) is 1. The third-order valence-corrected chi connectivity index (χ3v) is 3.80. The van der Waals surface area contributed by atoms with Crippen molar-refractivity contribution >= 4 is 27.5 Å². The van der Waals surface area contributed by atoms with Gasteiger partial charge >= 0.3 is 0 Å². The van der Waals surface area contributed by atoms with Crippen LogP contribution in [0.15, 0.2) is 46.8 Å². The summed E-state index contributed by atoms with van der Waals surface area (Å²) in [5.74, 6) is -0.265. The molecule has 0 radical (unpaired) electrons. The molecule has 0 aliphatic heterocycles. The van der Waals surface area contributed by atoms with Crippen LogP contribution >= 0.6 is 11.3 Å². The second-order valence-electron chi connectivity index (χ2n) is 4.23. The summed E-state index contributed by atoms with van der Waals surface area (Å²) >= 11 is 1.29. The minimum atomic E-state index is -0.291. The van der Waals surface area contributed by atoms with Crippen molar-refractivity contribution < 1.29 is 4.79 Å². The molecule has 0 aliphatic carbocycles. The van der Waals surface area contributed by atoms with Crippen LogP contribution in [0.2, 0.25) is 0 Å². The Morgan fingerprint density at radius 3 is 2.90 bits per heavy atom. The van der Waals surface area contributed by atoms with Crippen LogP contribution in [0.5, 0.6) is 0 Å². The number of thiophene rings is 1. The predicted octanol–water partition coefficient (Wildman–Crippen LogP) is 1.91. The van der Waals surface area contributed by atoms with E-state index in [1.807, 2.05) is 30.3 Å². The standard InChI is InChI=1S/C14H11N3O2S/c18-12(15-6-9-4-2-1-3-5-9)10-7-20-14-11(10)13(19)16-8-17-14/h1-5,7-8H,6H2,(H,15,18)(H,16,17,19). The first-order valence-corrected chi connectivity index (χ1v) is 6.90. The first-order valence-electron chi connectivity index (χ1n) is 6.03. The van der Waals surface area contributed by atoms with Crippen molar-refractivity contribution in [2.75, 3.05) is 0 Å². The zero-order chi connectivity index (χ0) is 13.9. The highest BCUT2D eigenvalue weighted by molar-refractivity contribution is 7.17. The number of hydrogen-bond donors (Lipinski definition) is 2. The van der Waals surface area contributed by atoms with Crippen LogP contribution in [0.3, 0.4) is 0 Å². The van der Waals surface area contributed by atoms with Gasteiger partial charge in [0, 0.05) is 11.9 Å². The maximum Gasteiger partial charge on any atom is 0.260 e. The third kappa shape index (κ3) is 2.33. The lowest BCUT2D eigenvalue weighted by Gasteiger charge is -2.04. The van der Waals surface area contributed by atoms with Crippen LogP contribution in [-0.4, -0.2) is 15.9 Å². The Morgan fingerprint density at radius 2 is 2.10 bits per heavy atom. The molecule has 5 nitrogen and oxygen atoms in total. The van der Waals surface area contributed by atoms with Crippen molar-refractivity contribution in [2.24, 2.45) is 0 Å². The summed E-state index contributed by atoms with van der Waals surface area (Å²) in [5.41, 5.74) is 1.09. The van der Waals surface area contributed by atoms with E-state index in [0.717, 1.165) is 5.56 Å². The molecule has 0 fully saturated rings. The Bertz CT molecular complexity index is 808. The van der Waals surface area contributed by atoms with Gasteiger partial charge in [0.2, 0.25) is 0 Å². The quantitative estimate of drug-likeness (QED) is 0.772. The molecule has 3 rings (SSSR count). The molecule has 6 heteroatoms. The number of H-pyrrole nitrogens is 1. The van der Waals surface area contributed by atoms with Gasteiger partial charge in [-0.15, -0.1) is 11.3 Å². The molecule has 100 valence electrons. The summed E-state index contributed by atoms with van der Waals surface area (Å²) in [4.78, 5) is 31.0. The Labute approximate surface area is 118 Å². The molecule has 2 heterocycles. The second-order valence-corrected chi connectivity index (χ2v) is 5.09. The average molecular weight is 285 g/mol. The molecule has 3 aromatic rings. The van der Waals surface area contributed by atoms with Crippen LogP contribution in [0.25, 0.3) is 10.2 Å². The minimum absolute atomic E-state index is 0.265. The predicted molar refractivity (Wildman–Crippen MR) is 77.9 cm³/mol. The Morgan fingerprint density at radius 1 is 1.30 bits per heavy atom. The second kappa shape index (κ2) is 5.26. The van der Waals surface area contributed by atoms with Gasteiger partial charge in [-0.2, -0.15) is 0 Å². The molecule has 0 unspecified atom stereocenters. The molecule has 0 bridgehead atoms. The lowest BCUT2D eigenvalue weighted by atomic mass is 10.2. The Balaban J connectivity index is 1.85. The van der Waals surface area contributed by atoms with E-state index < -0.39 is 0 Å². The Kier molecular flexibility index (Phi) is 3.30. The van der Waals surface area contributed by atoms with Crippen molar-refractivity contribution in [3.8, 4) is 0 Å². The van der Waals surface area contributed by atoms with E-state index in [1.165, 1.54) is 17.7 Å². The number of aromatic amines is 1. The van der Waals surface area contributed by atoms with E-state index in [9.17, 15) is 9.59 Å². The number of carbonyl (C=O) groups is 1. The van der Waals surface area contributed by atoms with Crippen LogP contribution in [-0.2, 0) is 6.54 Å². The van der Waals surface area contributed by atoms with Crippen molar-refractivity contribution in [3.63, 3.8) is 0 Å². The molecule has 1 amide bonds. The zero-order valence-corrected chi connectivity index (χ0v) is 11.2. The lowest BCUT2D eigenvalue weighted by Crippen LogP contribution is -2.23. The van der Waals surface area contributed by atoms with Gasteiger partial charge in [0.1, 0.15) is 4.83 Å². The van der Waals surface area contributed by atoms with Gasteiger partial charge in [-0.3, -0.25) is 9.59 Å². The number of nitrogens with one attached hydrogen (secondary N) is 2. The number of benzene rings is 1. The zero-order valence-electron chi connectivity index (χ0n) is 10.4. The van der Waals surface area contributed by atoms with Crippen molar-refractivity contribution in [1.82, 2.24) is 15.3 Å². The van der Waals surface area contributed by atoms with E-state index in [4.69, 9.17) is 0 Å². The summed E-state index contributed by atoms with van der Waals surface area (Å²) in [5, 5.41) is 4.82. The van der Waals surface area contributed by atoms with Crippen molar-refractivity contribution in [1.29, 1.82) is 0 Å². The smallest absolute Gasteiger partial charge is 0.260 e. The van der Waals surface area contributed by atoms with E-state index >= 15 is 0 Å². The lowest BCUT2D eigenvalue weighted by molar-refractivity contribution is 0.0953. The van der Waals surface area contributed by atoms with Crippen LogP contribution < -0.4 is 10.9 Å². The van der Waals surface area contributed by atoms with Gasteiger partial charge in [0.15, 0.2) is 0 Å². The van der Waals surface area contributed by atoms with Crippen molar-refractivity contribution in [2.45, 2.75) is 6.54 Å². The molecule has 0 spiro atoms.